The first-order valence-corrected chi connectivity index (χ1v) is 6.60. The van der Waals surface area contributed by atoms with Gasteiger partial charge in [-0.15, -0.1) is 0 Å². The van der Waals surface area contributed by atoms with E-state index in [1.807, 2.05) is 20.8 Å². The lowest BCUT2D eigenvalue weighted by atomic mass is 9.96. The van der Waals surface area contributed by atoms with Crippen molar-refractivity contribution in [1.29, 1.82) is 0 Å². The topological polar surface area (TPSA) is 63.5 Å². The molecule has 1 aromatic rings. The van der Waals surface area contributed by atoms with Crippen LogP contribution in [0.15, 0.2) is 22.7 Å². The van der Waals surface area contributed by atoms with Crippen LogP contribution in [0.25, 0.3) is 0 Å². The first-order chi connectivity index (χ1) is 8.61. The van der Waals surface area contributed by atoms with Gasteiger partial charge in [0.25, 0.3) is 11.6 Å². The average molecular weight is 329 g/mol. The lowest BCUT2D eigenvalue weighted by Crippen LogP contribution is -2.34. The molecule has 0 radical (unpaired) electrons. The molecule has 0 bridgehead atoms. The van der Waals surface area contributed by atoms with Gasteiger partial charge in [0.1, 0.15) is 0 Å². The molecule has 0 aliphatic rings. The van der Waals surface area contributed by atoms with Crippen molar-refractivity contribution < 1.29 is 9.72 Å². The Bertz CT molecular complexity index is 509. The van der Waals surface area contributed by atoms with E-state index in [1.165, 1.54) is 12.1 Å². The molecule has 0 spiro atoms. The first kappa shape index (κ1) is 15.6. The van der Waals surface area contributed by atoms with Gasteiger partial charge in [-0.05, 0) is 33.5 Å². The highest BCUT2D eigenvalue weighted by atomic mass is 79.9. The van der Waals surface area contributed by atoms with Crippen LogP contribution in [0.2, 0.25) is 0 Å². The largest absolute Gasteiger partial charge is 0.341 e. The first-order valence-electron chi connectivity index (χ1n) is 5.81. The Labute approximate surface area is 120 Å². The zero-order valence-electron chi connectivity index (χ0n) is 11.4. The fourth-order valence-electron chi connectivity index (χ4n) is 1.79. The molecule has 0 aromatic heterocycles. The number of halogens is 1. The molecular formula is C13H17BrN2O3. The zero-order valence-corrected chi connectivity index (χ0v) is 13.0. The minimum Gasteiger partial charge on any atom is -0.341 e. The van der Waals surface area contributed by atoms with Gasteiger partial charge in [-0.25, -0.2) is 0 Å². The second kappa shape index (κ2) is 5.69. The Balaban J connectivity index is 3.01. The molecule has 0 saturated heterocycles. The van der Waals surface area contributed by atoms with Gasteiger partial charge in [-0.2, -0.15) is 0 Å². The van der Waals surface area contributed by atoms with Gasteiger partial charge in [0, 0.05) is 25.2 Å². The van der Waals surface area contributed by atoms with E-state index in [4.69, 9.17) is 0 Å². The number of nitrogens with zero attached hydrogens (tertiary/aromatic N) is 2. The molecule has 0 atom stereocenters. The second-order valence-corrected chi connectivity index (χ2v) is 6.50. The summed E-state index contributed by atoms with van der Waals surface area (Å²) in [6, 6.07) is 4.40. The average Bonchev–Trinajstić information content (AvgIpc) is 2.26. The van der Waals surface area contributed by atoms with Crippen molar-refractivity contribution in [2.45, 2.75) is 20.8 Å². The normalized spacial score (nSPS) is 11.2. The van der Waals surface area contributed by atoms with E-state index < -0.39 is 4.92 Å². The maximum absolute atomic E-state index is 12.2. The van der Waals surface area contributed by atoms with Gasteiger partial charge >= 0.3 is 0 Å². The number of carbonyl (C=O) groups excluding carboxylic acids is 1. The number of amides is 1. The maximum Gasteiger partial charge on any atom is 0.284 e. The SMILES string of the molecule is CN(CC(C)(C)C)C(=O)c1ccc(Br)c([N+](=O)[O-])c1. The summed E-state index contributed by atoms with van der Waals surface area (Å²) in [6.45, 7) is 6.66. The molecule has 104 valence electrons. The minimum absolute atomic E-state index is 0.0221. The molecule has 0 saturated carbocycles. The molecule has 1 rings (SSSR count). The number of hydrogen-bond acceptors (Lipinski definition) is 3. The molecule has 1 amide bonds. The fourth-order valence-corrected chi connectivity index (χ4v) is 2.18. The zero-order chi connectivity index (χ0) is 14.8. The number of nitro groups is 1. The summed E-state index contributed by atoms with van der Waals surface area (Å²) >= 11 is 3.10. The highest BCUT2D eigenvalue weighted by Gasteiger charge is 2.21. The van der Waals surface area contributed by atoms with Gasteiger partial charge in [0.05, 0.1) is 9.40 Å². The standard InChI is InChI=1S/C13H17BrN2O3/c1-13(2,3)8-15(4)12(17)9-5-6-10(14)11(7-9)16(18)19/h5-7H,8H2,1-4H3. The lowest BCUT2D eigenvalue weighted by Gasteiger charge is -2.26. The van der Waals surface area contributed by atoms with E-state index in [1.54, 1.807) is 18.0 Å². The summed E-state index contributed by atoms with van der Waals surface area (Å²) < 4.78 is 0.368. The lowest BCUT2D eigenvalue weighted by molar-refractivity contribution is -0.385. The minimum atomic E-state index is -0.509. The van der Waals surface area contributed by atoms with Crippen molar-refractivity contribution in [3.8, 4) is 0 Å². The van der Waals surface area contributed by atoms with E-state index in [2.05, 4.69) is 15.9 Å². The summed E-state index contributed by atoms with van der Waals surface area (Å²) in [5.41, 5.74) is 0.197. The van der Waals surface area contributed by atoms with Gasteiger partial charge in [0.2, 0.25) is 0 Å². The Kier molecular flexibility index (Phi) is 4.68. The number of carbonyl (C=O) groups is 1. The Morgan fingerprint density at radius 3 is 2.47 bits per heavy atom. The quantitative estimate of drug-likeness (QED) is 0.630. The van der Waals surface area contributed by atoms with Crippen LogP contribution in [0.5, 0.6) is 0 Å². The number of benzene rings is 1. The molecule has 0 N–H and O–H groups in total. The molecule has 5 nitrogen and oxygen atoms in total. The van der Waals surface area contributed by atoms with E-state index >= 15 is 0 Å². The van der Waals surface area contributed by atoms with Crippen molar-refractivity contribution in [2.75, 3.05) is 13.6 Å². The van der Waals surface area contributed by atoms with Crippen LogP contribution in [0.4, 0.5) is 5.69 Å². The van der Waals surface area contributed by atoms with Crippen LogP contribution in [0.3, 0.4) is 0 Å². The van der Waals surface area contributed by atoms with Crippen molar-refractivity contribution in [3.63, 3.8) is 0 Å². The van der Waals surface area contributed by atoms with Crippen molar-refractivity contribution in [3.05, 3.63) is 38.3 Å². The molecular weight excluding hydrogens is 312 g/mol. The van der Waals surface area contributed by atoms with Crippen LogP contribution in [0, 0.1) is 15.5 Å². The van der Waals surface area contributed by atoms with Crippen LogP contribution in [-0.4, -0.2) is 29.3 Å². The highest BCUT2D eigenvalue weighted by Crippen LogP contribution is 2.26. The summed E-state index contributed by atoms with van der Waals surface area (Å²) in [6.07, 6.45) is 0. The highest BCUT2D eigenvalue weighted by molar-refractivity contribution is 9.10. The third-order valence-corrected chi connectivity index (χ3v) is 3.12. The van der Waals surface area contributed by atoms with Gasteiger partial charge in [-0.1, -0.05) is 20.8 Å². The fraction of sp³-hybridized carbons (Fsp3) is 0.462. The molecule has 6 heteroatoms. The smallest absolute Gasteiger partial charge is 0.284 e. The number of rotatable bonds is 3. The van der Waals surface area contributed by atoms with E-state index in [-0.39, 0.29) is 17.0 Å². The van der Waals surface area contributed by atoms with Gasteiger partial charge < -0.3 is 4.90 Å². The van der Waals surface area contributed by atoms with E-state index in [0.717, 1.165) is 0 Å². The van der Waals surface area contributed by atoms with Crippen LogP contribution in [-0.2, 0) is 0 Å². The summed E-state index contributed by atoms with van der Waals surface area (Å²) in [7, 11) is 1.70. The summed E-state index contributed by atoms with van der Waals surface area (Å²) in [4.78, 5) is 24.1. The second-order valence-electron chi connectivity index (χ2n) is 5.65. The maximum atomic E-state index is 12.2. The van der Waals surface area contributed by atoms with Crippen LogP contribution >= 0.6 is 15.9 Å². The van der Waals surface area contributed by atoms with Crippen molar-refractivity contribution in [1.82, 2.24) is 4.90 Å². The van der Waals surface area contributed by atoms with Crippen LogP contribution < -0.4 is 0 Å². The predicted octanol–water partition coefficient (Wildman–Crippen LogP) is 3.48. The molecule has 1 aromatic carbocycles. The Morgan fingerprint density at radius 1 is 1.42 bits per heavy atom. The molecule has 0 heterocycles. The Morgan fingerprint density at radius 2 is 2.00 bits per heavy atom. The third-order valence-electron chi connectivity index (χ3n) is 2.45. The van der Waals surface area contributed by atoms with Gasteiger partial charge in [0.15, 0.2) is 0 Å². The predicted molar refractivity (Wildman–Crippen MR) is 77.2 cm³/mol. The molecule has 0 unspecified atom stereocenters. The number of hydrogen-bond donors (Lipinski definition) is 0. The molecule has 0 aliphatic heterocycles. The summed E-state index contributed by atoms with van der Waals surface area (Å²) in [5, 5.41) is 10.8. The third kappa shape index (κ3) is 4.31. The van der Waals surface area contributed by atoms with Gasteiger partial charge in [-0.3, -0.25) is 14.9 Å². The van der Waals surface area contributed by atoms with E-state index in [9.17, 15) is 14.9 Å². The molecule has 0 aliphatic carbocycles. The van der Waals surface area contributed by atoms with Crippen LogP contribution in [0.1, 0.15) is 31.1 Å². The monoisotopic (exact) mass is 328 g/mol. The molecule has 19 heavy (non-hydrogen) atoms. The molecule has 0 fully saturated rings. The van der Waals surface area contributed by atoms with Crippen molar-refractivity contribution in [2.24, 2.45) is 5.41 Å². The summed E-state index contributed by atoms with van der Waals surface area (Å²) in [5.74, 6) is -0.217. The Hall–Kier alpha value is -1.43. The van der Waals surface area contributed by atoms with E-state index in [0.29, 0.717) is 16.6 Å². The number of nitro benzene ring substituents is 1. The van der Waals surface area contributed by atoms with Crippen molar-refractivity contribution >= 4 is 27.5 Å².